The molecule has 6 nitrogen and oxygen atoms in total. The van der Waals surface area contributed by atoms with Gasteiger partial charge in [0.2, 0.25) is 0 Å². The maximum absolute atomic E-state index is 13.2. The lowest BCUT2D eigenvalue weighted by Gasteiger charge is -2.30. The average Bonchev–Trinajstić information content (AvgIpc) is 2.75. The van der Waals surface area contributed by atoms with Crippen LogP contribution in [0.15, 0.2) is 60.7 Å². The van der Waals surface area contributed by atoms with Gasteiger partial charge in [-0.1, -0.05) is 74.5 Å². The maximum atomic E-state index is 13.2. The molecule has 0 aromatic heterocycles. The first-order chi connectivity index (χ1) is 13.9. The van der Waals surface area contributed by atoms with Gasteiger partial charge >= 0.3 is 13.6 Å². The van der Waals surface area contributed by atoms with Crippen LogP contribution < -0.4 is 5.32 Å². The Kier molecular flexibility index (Phi) is 9.05. The number of esters is 1. The van der Waals surface area contributed by atoms with Crippen LogP contribution in [-0.4, -0.2) is 26.2 Å². The van der Waals surface area contributed by atoms with Gasteiger partial charge in [-0.05, 0) is 23.5 Å². The van der Waals surface area contributed by atoms with Gasteiger partial charge in [0.15, 0.2) is 0 Å². The largest absolute Gasteiger partial charge is 0.460 e. The highest BCUT2D eigenvalue weighted by Gasteiger charge is 2.38. The molecule has 0 spiro atoms. The molecular formula is C22H30NO5P. The molecule has 0 radical (unpaired) electrons. The monoisotopic (exact) mass is 419 g/mol. The minimum Gasteiger partial charge on any atom is -0.460 e. The second-order valence-corrected chi connectivity index (χ2v) is 9.49. The summed E-state index contributed by atoms with van der Waals surface area (Å²) < 4.78 is 29.2. The quantitative estimate of drug-likeness (QED) is 0.412. The third kappa shape index (κ3) is 6.79. The van der Waals surface area contributed by atoms with Gasteiger partial charge in [0.25, 0.3) is 0 Å². The van der Waals surface area contributed by atoms with E-state index in [0.717, 1.165) is 5.56 Å². The lowest BCUT2D eigenvalue weighted by Crippen LogP contribution is -2.41. The van der Waals surface area contributed by atoms with Gasteiger partial charge in [-0.25, -0.2) is 0 Å². The van der Waals surface area contributed by atoms with Gasteiger partial charge in [-0.3, -0.25) is 14.7 Å². The zero-order chi connectivity index (χ0) is 21.3. The van der Waals surface area contributed by atoms with Crippen LogP contribution >= 0.6 is 7.60 Å². The summed E-state index contributed by atoms with van der Waals surface area (Å²) in [6.07, 6.45) is 0.518. The lowest BCUT2D eigenvalue weighted by molar-refractivity contribution is -0.148. The number of hydrogen-bond acceptors (Lipinski definition) is 6. The van der Waals surface area contributed by atoms with Gasteiger partial charge in [0.05, 0.1) is 0 Å². The number of carbonyl (C=O) groups is 1. The van der Waals surface area contributed by atoms with Crippen molar-refractivity contribution in [3.05, 3.63) is 71.8 Å². The number of hydrogen-bond donors (Lipinski definition) is 1. The Morgan fingerprint density at radius 1 is 0.966 bits per heavy atom. The molecule has 7 heteroatoms. The normalized spacial score (nSPS) is 13.8. The summed E-state index contributed by atoms with van der Waals surface area (Å²) in [6.45, 7) is 4.21. The lowest BCUT2D eigenvalue weighted by atomic mass is 10.0. The van der Waals surface area contributed by atoms with Gasteiger partial charge in [-0.15, -0.1) is 0 Å². The Balaban J connectivity index is 2.23. The molecule has 29 heavy (non-hydrogen) atoms. The number of nitrogens with one attached hydrogen (secondary N) is 1. The standard InChI is InChI=1S/C22H30NO5P/c1-17(2)15-20(22(24)28-16-18-11-7-5-8-12-18)23-21(29(25,26-3)27-4)19-13-9-6-10-14-19/h5-14,17,20-21,23H,15-16H2,1-4H3/t20-,21?/m1/s1. The van der Waals surface area contributed by atoms with Crippen molar-refractivity contribution in [2.75, 3.05) is 14.2 Å². The molecule has 1 unspecified atom stereocenters. The van der Waals surface area contributed by atoms with Crippen molar-refractivity contribution in [2.45, 2.75) is 38.7 Å². The predicted octanol–water partition coefficient (Wildman–Crippen LogP) is 4.92. The molecule has 0 amide bonds. The van der Waals surface area contributed by atoms with Crippen LogP contribution in [0.4, 0.5) is 0 Å². The molecule has 0 fully saturated rings. The van der Waals surface area contributed by atoms with Crippen LogP contribution in [0.5, 0.6) is 0 Å². The number of rotatable bonds is 11. The summed E-state index contributed by atoms with van der Waals surface area (Å²) in [5.74, 6) is -0.980. The van der Waals surface area contributed by atoms with Crippen molar-refractivity contribution in [1.82, 2.24) is 5.32 Å². The van der Waals surface area contributed by atoms with Crippen molar-refractivity contribution < 1.29 is 23.1 Å². The molecule has 0 saturated heterocycles. The first-order valence-electron chi connectivity index (χ1n) is 9.62. The summed E-state index contributed by atoms with van der Waals surface area (Å²) >= 11 is 0. The molecule has 2 aromatic carbocycles. The molecule has 0 aliphatic carbocycles. The predicted molar refractivity (Wildman–Crippen MR) is 113 cm³/mol. The van der Waals surface area contributed by atoms with Crippen LogP contribution in [0.1, 0.15) is 37.2 Å². The highest BCUT2D eigenvalue weighted by molar-refractivity contribution is 7.54. The van der Waals surface area contributed by atoms with E-state index >= 15 is 0 Å². The third-order valence-electron chi connectivity index (χ3n) is 4.52. The van der Waals surface area contributed by atoms with Crippen LogP contribution in [0, 0.1) is 5.92 Å². The molecular weight excluding hydrogens is 389 g/mol. The first-order valence-corrected chi connectivity index (χ1v) is 11.2. The smallest absolute Gasteiger partial charge is 0.351 e. The highest BCUT2D eigenvalue weighted by atomic mass is 31.2. The molecule has 2 aromatic rings. The van der Waals surface area contributed by atoms with E-state index in [1.165, 1.54) is 14.2 Å². The van der Waals surface area contributed by atoms with Crippen molar-refractivity contribution in [1.29, 1.82) is 0 Å². The molecule has 0 saturated carbocycles. The van der Waals surface area contributed by atoms with Crippen molar-refractivity contribution in [3.8, 4) is 0 Å². The van der Waals surface area contributed by atoms with E-state index in [9.17, 15) is 9.36 Å². The van der Waals surface area contributed by atoms with E-state index in [1.807, 2.05) is 74.5 Å². The summed E-state index contributed by atoms with van der Waals surface area (Å²) in [7, 11) is -0.865. The fourth-order valence-electron chi connectivity index (χ4n) is 3.01. The summed E-state index contributed by atoms with van der Waals surface area (Å²) in [4.78, 5) is 12.9. The van der Waals surface area contributed by atoms with E-state index in [2.05, 4.69) is 5.32 Å². The Hall–Kier alpha value is -1.98. The van der Waals surface area contributed by atoms with E-state index in [0.29, 0.717) is 12.0 Å². The maximum Gasteiger partial charge on any atom is 0.351 e. The Bertz CT molecular complexity index is 789. The van der Waals surface area contributed by atoms with Crippen LogP contribution in [0.25, 0.3) is 0 Å². The molecule has 0 aliphatic heterocycles. The van der Waals surface area contributed by atoms with E-state index < -0.39 is 25.4 Å². The number of carbonyl (C=O) groups excluding carboxylic acids is 1. The van der Waals surface area contributed by atoms with Crippen molar-refractivity contribution >= 4 is 13.6 Å². The van der Waals surface area contributed by atoms with E-state index in [1.54, 1.807) is 0 Å². The zero-order valence-electron chi connectivity index (χ0n) is 17.4. The van der Waals surface area contributed by atoms with Crippen LogP contribution in [-0.2, 0) is 29.8 Å². The minimum atomic E-state index is -3.55. The number of benzene rings is 2. The van der Waals surface area contributed by atoms with Gasteiger partial charge in [-0.2, -0.15) is 0 Å². The minimum absolute atomic E-state index is 0.179. The van der Waals surface area contributed by atoms with Crippen LogP contribution in [0.3, 0.4) is 0 Å². The van der Waals surface area contributed by atoms with Gasteiger partial charge in [0, 0.05) is 14.2 Å². The fraction of sp³-hybridized carbons (Fsp3) is 0.409. The highest BCUT2D eigenvalue weighted by Crippen LogP contribution is 2.58. The van der Waals surface area contributed by atoms with Gasteiger partial charge < -0.3 is 13.8 Å². The van der Waals surface area contributed by atoms with E-state index in [-0.39, 0.29) is 12.5 Å². The molecule has 2 rings (SSSR count). The average molecular weight is 419 g/mol. The molecule has 0 aliphatic rings. The Morgan fingerprint density at radius 2 is 1.52 bits per heavy atom. The SMILES string of the molecule is COP(=O)(OC)C(N[C@H](CC(C)C)C(=O)OCc1ccccc1)c1ccccc1. The molecule has 2 atom stereocenters. The Labute approximate surface area is 173 Å². The summed E-state index contributed by atoms with van der Waals surface area (Å²) in [5.41, 5.74) is 1.62. The summed E-state index contributed by atoms with van der Waals surface area (Å²) in [6, 6.07) is 18.0. The zero-order valence-corrected chi connectivity index (χ0v) is 18.3. The first kappa shape index (κ1) is 23.3. The number of ether oxygens (including phenoxy) is 1. The van der Waals surface area contributed by atoms with Gasteiger partial charge in [0.1, 0.15) is 18.4 Å². The fourth-order valence-corrected chi connectivity index (χ4v) is 4.48. The second-order valence-electron chi connectivity index (χ2n) is 7.16. The molecule has 0 bridgehead atoms. The summed E-state index contributed by atoms with van der Waals surface area (Å²) in [5, 5.41) is 3.19. The topological polar surface area (TPSA) is 73.9 Å². The Morgan fingerprint density at radius 3 is 2.03 bits per heavy atom. The van der Waals surface area contributed by atoms with Crippen LogP contribution in [0.2, 0.25) is 0 Å². The second kappa shape index (κ2) is 11.3. The van der Waals surface area contributed by atoms with E-state index in [4.69, 9.17) is 13.8 Å². The third-order valence-corrected chi connectivity index (χ3v) is 6.61. The van der Waals surface area contributed by atoms with Crippen molar-refractivity contribution in [3.63, 3.8) is 0 Å². The molecule has 1 N–H and O–H groups in total. The molecule has 0 heterocycles. The molecule has 158 valence electrons. The van der Waals surface area contributed by atoms with Crippen molar-refractivity contribution in [2.24, 2.45) is 5.92 Å².